The molecule has 6 heteroatoms. The number of ether oxygens (including phenoxy) is 1. The normalized spacial score (nSPS) is 35.8. The molecule has 2 aliphatic carbocycles. The fourth-order valence-corrected chi connectivity index (χ4v) is 4.51. The summed E-state index contributed by atoms with van der Waals surface area (Å²) in [6, 6.07) is 3.46. The van der Waals surface area contributed by atoms with Gasteiger partial charge in [-0.2, -0.15) is 0 Å². The van der Waals surface area contributed by atoms with Crippen molar-refractivity contribution in [2.45, 2.75) is 50.8 Å². The molecule has 3 fully saturated rings. The predicted octanol–water partition coefficient (Wildman–Crippen LogP) is 2.93. The highest BCUT2D eigenvalue weighted by Crippen LogP contribution is 2.52. The lowest BCUT2D eigenvalue weighted by Gasteiger charge is -2.54. The standard InChI is InChI=1S/C18H22F2N2O2/c1-18(2)15(9-6-7-24-16(9)18)22-17(23)21-13-8-10(13)14-11(19)4-3-5-12(14)20/h3-5,9-10,13,15-16H,6-8H2,1-2H3,(H2,21,22,23)/t9-,10+,13-,15-,16+/m1/s1. The fraction of sp³-hybridized carbons (Fsp3) is 0.611. The molecule has 4 rings (SSSR count). The minimum Gasteiger partial charge on any atom is -0.377 e. The molecule has 2 amide bonds. The third kappa shape index (κ3) is 2.39. The summed E-state index contributed by atoms with van der Waals surface area (Å²) in [7, 11) is 0. The molecule has 0 unspecified atom stereocenters. The lowest BCUT2D eigenvalue weighted by Crippen LogP contribution is -2.67. The first-order valence-corrected chi connectivity index (χ1v) is 8.52. The molecule has 1 saturated heterocycles. The Morgan fingerprint density at radius 3 is 2.67 bits per heavy atom. The second-order valence-corrected chi connectivity index (χ2v) is 7.74. The number of carbonyl (C=O) groups excluding carboxylic acids is 1. The first-order chi connectivity index (χ1) is 11.4. The molecular weight excluding hydrogens is 314 g/mol. The van der Waals surface area contributed by atoms with Crippen LogP contribution in [0.15, 0.2) is 18.2 Å². The predicted molar refractivity (Wildman–Crippen MR) is 84.6 cm³/mol. The van der Waals surface area contributed by atoms with Crippen molar-refractivity contribution >= 4 is 6.03 Å². The molecule has 2 saturated carbocycles. The summed E-state index contributed by atoms with van der Waals surface area (Å²) < 4.78 is 33.3. The summed E-state index contributed by atoms with van der Waals surface area (Å²) in [5.41, 5.74) is -0.00456. The quantitative estimate of drug-likeness (QED) is 0.892. The van der Waals surface area contributed by atoms with Crippen LogP contribution in [0.3, 0.4) is 0 Å². The third-order valence-corrected chi connectivity index (χ3v) is 5.86. The van der Waals surface area contributed by atoms with Crippen LogP contribution in [0.4, 0.5) is 13.6 Å². The number of benzene rings is 1. The highest BCUT2D eigenvalue weighted by atomic mass is 19.1. The van der Waals surface area contributed by atoms with E-state index >= 15 is 0 Å². The second-order valence-electron chi connectivity index (χ2n) is 7.74. The number of urea groups is 1. The molecule has 2 N–H and O–H groups in total. The van der Waals surface area contributed by atoms with E-state index in [4.69, 9.17) is 4.74 Å². The van der Waals surface area contributed by atoms with E-state index in [9.17, 15) is 13.6 Å². The molecule has 4 nitrogen and oxygen atoms in total. The van der Waals surface area contributed by atoms with E-state index in [2.05, 4.69) is 24.5 Å². The Bertz CT molecular complexity index is 659. The monoisotopic (exact) mass is 336 g/mol. The molecule has 0 aromatic heterocycles. The Balaban J connectivity index is 1.35. The molecule has 3 aliphatic rings. The van der Waals surface area contributed by atoms with Gasteiger partial charge in [0.05, 0.1) is 6.10 Å². The summed E-state index contributed by atoms with van der Waals surface area (Å²) >= 11 is 0. The lowest BCUT2D eigenvalue weighted by atomic mass is 9.57. The van der Waals surface area contributed by atoms with Crippen molar-refractivity contribution in [3.8, 4) is 0 Å². The molecule has 0 radical (unpaired) electrons. The molecule has 1 heterocycles. The summed E-state index contributed by atoms with van der Waals surface area (Å²) in [5, 5.41) is 5.88. The van der Waals surface area contributed by atoms with Crippen LogP contribution in [-0.2, 0) is 4.74 Å². The fourth-order valence-electron chi connectivity index (χ4n) is 4.51. The summed E-state index contributed by atoms with van der Waals surface area (Å²) in [4.78, 5) is 12.3. The zero-order valence-electron chi connectivity index (χ0n) is 13.8. The Labute approximate surface area is 139 Å². The molecule has 1 aromatic carbocycles. The number of hydrogen-bond acceptors (Lipinski definition) is 2. The van der Waals surface area contributed by atoms with Crippen LogP contribution < -0.4 is 10.6 Å². The van der Waals surface area contributed by atoms with Crippen LogP contribution in [0.5, 0.6) is 0 Å². The van der Waals surface area contributed by atoms with Gasteiger partial charge in [0.2, 0.25) is 0 Å². The number of carbonyl (C=O) groups is 1. The van der Waals surface area contributed by atoms with E-state index in [1.807, 2.05) is 0 Å². The number of fused-ring (bicyclic) bond motifs is 1. The molecule has 1 aromatic rings. The van der Waals surface area contributed by atoms with E-state index in [0.717, 1.165) is 13.0 Å². The molecule has 5 atom stereocenters. The lowest BCUT2D eigenvalue weighted by molar-refractivity contribution is -0.108. The third-order valence-electron chi connectivity index (χ3n) is 5.86. The van der Waals surface area contributed by atoms with Gasteiger partial charge in [0.25, 0.3) is 0 Å². The van der Waals surface area contributed by atoms with E-state index in [1.54, 1.807) is 0 Å². The van der Waals surface area contributed by atoms with Gasteiger partial charge in [-0.3, -0.25) is 0 Å². The second kappa shape index (κ2) is 5.41. The number of halogens is 2. The van der Waals surface area contributed by atoms with E-state index in [1.165, 1.54) is 18.2 Å². The van der Waals surface area contributed by atoms with Gasteiger partial charge < -0.3 is 15.4 Å². The SMILES string of the molecule is CC1(C)[C@H](NC(=O)N[C@@H]2C[C@@H]2c2c(F)cccc2F)[C@H]2CCO[C@@H]21. The van der Waals surface area contributed by atoms with Crippen molar-refractivity contribution in [3.63, 3.8) is 0 Å². The van der Waals surface area contributed by atoms with Gasteiger partial charge in [0.1, 0.15) is 11.6 Å². The molecule has 130 valence electrons. The van der Waals surface area contributed by atoms with Gasteiger partial charge >= 0.3 is 6.03 Å². The Kier molecular flexibility index (Phi) is 3.56. The average molecular weight is 336 g/mol. The van der Waals surface area contributed by atoms with Crippen molar-refractivity contribution in [1.82, 2.24) is 10.6 Å². The Morgan fingerprint density at radius 2 is 1.96 bits per heavy atom. The summed E-state index contributed by atoms with van der Waals surface area (Å²) in [5.74, 6) is -1.01. The topological polar surface area (TPSA) is 50.4 Å². The van der Waals surface area contributed by atoms with E-state index < -0.39 is 11.6 Å². The zero-order chi connectivity index (χ0) is 17.1. The van der Waals surface area contributed by atoms with Crippen molar-refractivity contribution in [1.29, 1.82) is 0 Å². The van der Waals surface area contributed by atoms with E-state index in [0.29, 0.717) is 12.3 Å². The summed E-state index contributed by atoms with van der Waals surface area (Å²) in [6.45, 7) is 4.94. The number of rotatable bonds is 3. The Morgan fingerprint density at radius 1 is 1.25 bits per heavy atom. The average Bonchev–Trinajstić information content (AvgIpc) is 3.10. The number of amides is 2. The molecule has 1 aliphatic heterocycles. The van der Waals surface area contributed by atoms with Crippen LogP contribution in [0.2, 0.25) is 0 Å². The van der Waals surface area contributed by atoms with Crippen LogP contribution in [0, 0.1) is 23.0 Å². The highest BCUT2D eigenvalue weighted by Gasteiger charge is 2.60. The maximum atomic E-state index is 13.8. The van der Waals surface area contributed by atoms with Gasteiger partial charge in [0, 0.05) is 41.5 Å². The van der Waals surface area contributed by atoms with Gasteiger partial charge in [-0.05, 0) is 25.0 Å². The smallest absolute Gasteiger partial charge is 0.315 e. The minimum atomic E-state index is -0.546. The molecule has 0 spiro atoms. The maximum Gasteiger partial charge on any atom is 0.315 e. The van der Waals surface area contributed by atoms with Crippen molar-refractivity contribution in [3.05, 3.63) is 35.4 Å². The van der Waals surface area contributed by atoms with Crippen molar-refractivity contribution in [2.75, 3.05) is 6.61 Å². The number of hydrogen-bond donors (Lipinski definition) is 2. The number of nitrogens with one attached hydrogen (secondary N) is 2. The summed E-state index contributed by atoms with van der Waals surface area (Å²) in [6.07, 6.45) is 1.74. The molecule has 24 heavy (non-hydrogen) atoms. The van der Waals surface area contributed by atoms with Crippen LogP contribution in [0.1, 0.15) is 38.2 Å². The van der Waals surface area contributed by atoms with Crippen LogP contribution in [-0.4, -0.2) is 30.8 Å². The van der Waals surface area contributed by atoms with Crippen LogP contribution >= 0.6 is 0 Å². The van der Waals surface area contributed by atoms with E-state index in [-0.39, 0.29) is 41.1 Å². The Hall–Kier alpha value is -1.69. The van der Waals surface area contributed by atoms with Gasteiger partial charge in [-0.25, -0.2) is 13.6 Å². The molecule has 0 bridgehead atoms. The maximum absolute atomic E-state index is 13.8. The first-order valence-electron chi connectivity index (χ1n) is 8.52. The van der Waals surface area contributed by atoms with Crippen molar-refractivity contribution < 1.29 is 18.3 Å². The van der Waals surface area contributed by atoms with Gasteiger partial charge in [-0.1, -0.05) is 19.9 Å². The van der Waals surface area contributed by atoms with Crippen LogP contribution in [0.25, 0.3) is 0 Å². The van der Waals surface area contributed by atoms with Gasteiger partial charge in [0.15, 0.2) is 0 Å². The van der Waals surface area contributed by atoms with Gasteiger partial charge in [-0.15, -0.1) is 0 Å². The molecular formula is C18H22F2N2O2. The van der Waals surface area contributed by atoms with Crippen molar-refractivity contribution in [2.24, 2.45) is 11.3 Å². The highest BCUT2D eigenvalue weighted by molar-refractivity contribution is 5.75. The zero-order valence-corrected chi connectivity index (χ0v) is 13.8. The first kappa shape index (κ1) is 15.8. The largest absolute Gasteiger partial charge is 0.377 e. The minimum absolute atomic E-state index is 0.0763.